The van der Waals surface area contributed by atoms with Gasteiger partial charge in [-0.15, -0.1) is 0 Å². The molecule has 0 saturated heterocycles. The second-order valence-corrected chi connectivity index (χ2v) is 4.76. The molecule has 2 aromatic rings. The predicted molar refractivity (Wildman–Crippen MR) is 60.7 cm³/mol. The van der Waals surface area contributed by atoms with Crippen LogP contribution in [0.25, 0.3) is 0 Å². The summed E-state index contributed by atoms with van der Waals surface area (Å²) in [6, 6.07) is 9.50. The Balaban J connectivity index is 2.15. The lowest BCUT2D eigenvalue weighted by Crippen LogP contribution is -1.97. The topological polar surface area (TPSA) is 30.0 Å². The van der Waals surface area contributed by atoms with Crippen molar-refractivity contribution in [3.05, 3.63) is 60.2 Å². The van der Waals surface area contributed by atoms with Crippen LogP contribution in [-0.2, 0) is 16.6 Å². The van der Waals surface area contributed by atoms with Crippen LogP contribution in [-0.4, -0.2) is 9.19 Å². The van der Waals surface area contributed by atoms with Gasteiger partial charge in [0.15, 0.2) is 0 Å². The summed E-state index contributed by atoms with van der Waals surface area (Å²) < 4.78 is 24.8. The molecule has 16 heavy (non-hydrogen) atoms. The van der Waals surface area contributed by atoms with Gasteiger partial charge in [-0.1, -0.05) is 12.1 Å². The Labute approximate surface area is 95.6 Å². The molecule has 4 heteroatoms. The first-order valence-electron chi connectivity index (χ1n) is 4.78. The lowest BCUT2D eigenvalue weighted by Gasteiger charge is -2.02. The van der Waals surface area contributed by atoms with E-state index in [4.69, 9.17) is 0 Å². The van der Waals surface area contributed by atoms with Crippen molar-refractivity contribution in [2.45, 2.75) is 10.6 Å². The fourth-order valence-electron chi connectivity index (χ4n) is 1.33. The van der Waals surface area contributed by atoms with Gasteiger partial charge in [0.1, 0.15) is 5.82 Å². The smallest absolute Gasteiger partial charge is 0.124 e. The molecule has 0 spiro atoms. The summed E-state index contributed by atoms with van der Waals surface area (Å²) in [4.78, 5) is 4.44. The number of nitrogens with zero attached hydrogens (tertiary/aromatic N) is 1. The second-order valence-electron chi connectivity index (χ2n) is 3.31. The van der Waals surface area contributed by atoms with Crippen LogP contribution in [0.15, 0.2) is 53.7 Å². The molecule has 0 fully saturated rings. The van der Waals surface area contributed by atoms with Gasteiger partial charge < -0.3 is 0 Å². The minimum absolute atomic E-state index is 0.358. The lowest BCUT2D eigenvalue weighted by molar-refractivity contribution is 0.622. The Morgan fingerprint density at radius 2 is 2.12 bits per heavy atom. The highest BCUT2D eigenvalue weighted by Crippen LogP contribution is 2.12. The highest BCUT2D eigenvalue weighted by atomic mass is 32.2. The van der Waals surface area contributed by atoms with Crippen molar-refractivity contribution in [2.75, 3.05) is 0 Å². The maximum Gasteiger partial charge on any atom is 0.124 e. The van der Waals surface area contributed by atoms with E-state index in [-0.39, 0.29) is 5.82 Å². The first-order chi connectivity index (χ1) is 7.75. The summed E-state index contributed by atoms with van der Waals surface area (Å²) in [5.74, 6) is -0.00543. The summed E-state index contributed by atoms with van der Waals surface area (Å²) in [6.45, 7) is 0. The second kappa shape index (κ2) is 4.99. The normalized spacial score (nSPS) is 12.3. The summed E-state index contributed by atoms with van der Waals surface area (Å²) >= 11 is 0. The van der Waals surface area contributed by atoms with Gasteiger partial charge in [0.05, 0.1) is 16.6 Å². The van der Waals surface area contributed by atoms with Crippen molar-refractivity contribution in [1.82, 2.24) is 4.98 Å². The predicted octanol–water partition coefficient (Wildman–Crippen LogP) is 2.53. The summed E-state index contributed by atoms with van der Waals surface area (Å²) in [6.07, 6.45) is 3.33. The maximum absolute atomic E-state index is 12.9. The van der Waals surface area contributed by atoms with Gasteiger partial charge in [-0.25, -0.2) is 4.39 Å². The third-order valence-corrected chi connectivity index (χ3v) is 3.45. The van der Waals surface area contributed by atoms with Crippen LogP contribution in [0.5, 0.6) is 0 Å². The fourth-order valence-corrected chi connectivity index (χ4v) is 2.44. The van der Waals surface area contributed by atoms with E-state index in [9.17, 15) is 8.60 Å². The molecule has 1 heterocycles. The molecule has 1 aromatic carbocycles. The fraction of sp³-hybridized carbons (Fsp3) is 0.0833. The molecule has 1 atom stereocenters. The molecule has 82 valence electrons. The summed E-state index contributed by atoms with van der Waals surface area (Å²) in [5, 5.41) is 0. The van der Waals surface area contributed by atoms with E-state index in [1.807, 2.05) is 6.07 Å². The molecule has 1 unspecified atom stereocenters. The van der Waals surface area contributed by atoms with Gasteiger partial charge in [-0.2, -0.15) is 0 Å². The van der Waals surface area contributed by atoms with Crippen molar-refractivity contribution in [1.29, 1.82) is 0 Å². The molecule has 0 bridgehead atoms. The van der Waals surface area contributed by atoms with E-state index >= 15 is 0 Å². The number of pyridine rings is 1. The van der Waals surface area contributed by atoms with Gasteiger partial charge in [0.25, 0.3) is 0 Å². The van der Waals surface area contributed by atoms with Gasteiger partial charge in [-0.05, 0) is 29.8 Å². The standard InChI is InChI=1S/C12H10FNOS/c13-11-4-1-5-12(7-11)16(15)9-10-3-2-6-14-8-10/h1-8H,9H2. The first kappa shape index (κ1) is 11.0. The number of aromatic nitrogens is 1. The van der Waals surface area contributed by atoms with Crippen LogP contribution in [0.3, 0.4) is 0 Å². The minimum atomic E-state index is -1.22. The average molecular weight is 235 g/mol. The quantitative estimate of drug-likeness (QED) is 0.818. The van der Waals surface area contributed by atoms with Crippen molar-refractivity contribution in [3.8, 4) is 0 Å². The Morgan fingerprint density at radius 1 is 1.25 bits per heavy atom. The highest BCUT2D eigenvalue weighted by Gasteiger charge is 2.05. The summed E-state index contributed by atoms with van der Waals surface area (Å²) in [5.41, 5.74) is 0.880. The van der Waals surface area contributed by atoms with Crippen LogP contribution in [0, 0.1) is 5.82 Å². The summed E-state index contributed by atoms with van der Waals surface area (Å²) in [7, 11) is -1.22. The van der Waals surface area contributed by atoms with E-state index < -0.39 is 10.8 Å². The minimum Gasteiger partial charge on any atom is -0.264 e. The van der Waals surface area contributed by atoms with Crippen LogP contribution >= 0.6 is 0 Å². The van der Waals surface area contributed by atoms with Gasteiger partial charge in [0, 0.05) is 17.3 Å². The van der Waals surface area contributed by atoms with Crippen molar-refractivity contribution < 1.29 is 8.60 Å². The monoisotopic (exact) mass is 235 g/mol. The number of halogens is 1. The van der Waals surface area contributed by atoms with Crippen molar-refractivity contribution >= 4 is 10.8 Å². The van der Waals surface area contributed by atoms with Crippen LogP contribution < -0.4 is 0 Å². The number of benzene rings is 1. The van der Waals surface area contributed by atoms with E-state index in [1.54, 1.807) is 30.6 Å². The number of hydrogen-bond acceptors (Lipinski definition) is 2. The highest BCUT2D eigenvalue weighted by molar-refractivity contribution is 7.84. The molecule has 0 aliphatic heterocycles. The third-order valence-electron chi connectivity index (χ3n) is 2.08. The largest absolute Gasteiger partial charge is 0.264 e. The van der Waals surface area contributed by atoms with Crippen LogP contribution in [0.1, 0.15) is 5.56 Å². The van der Waals surface area contributed by atoms with E-state index in [2.05, 4.69) is 4.98 Å². The zero-order valence-corrected chi connectivity index (χ0v) is 9.28. The van der Waals surface area contributed by atoms with Crippen LogP contribution in [0.4, 0.5) is 4.39 Å². The van der Waals surface area contributed by atoms with E-state index in [1.165, 1.54) is 12.1 Å². The Bertz CT molecular complexity index is 501. The average Bonchev–Trinajstić information content (AvgIpc) is 2.30. The van der Waals surface area contributed by atoms with E-state index in [0.29, 0.717) is 10.6 Å². The number of rotatable bonds is 3. The third kappa shape index (κ3) is 2.73. The zero-order valence-electron chi connectivity index (χ0n) is 8.47. The molecule has 2 rings (SSSR count). The Kier molecular flexibility index (Phi) is 3.41. The Hall–Kier alpha value is -1.55. The van der Waals surface area contributed by atoms with E-state index in [0.717, 1.165) is 5.56 Å². The van der Waals surface area contributed by atoms with Gasteiger partial charge >= 0.3 is 0 Å². The zero-order chi connectivity index (χ0) is 11.4. The van der Waals surface area contributed by atoms with Gasteiger partial charge in [0.2, 0.25) is 0 Å². The Morgan fingerprint density at radius 3 is 2.81 bits per heavy atom. The maximum atomic E-state index is 12.9. The molecule has 0 amide bonds. The molecule has 0 N–H and O–H groups in total. The van der Waals surface area contributed by atoms with Crippen LogP contribution in [0.2, 0.25) is 0 Å². The van der Waals surface area contributed by atoms with Crippen molar-refractivity contribution in [3.63, 3.8) is 0 Å². The molecule has 0 saturated carbocycles. The molecular weight excluding hydrogens is 225 g/mol. The number of hydrogen-bond donors (Lipinski definition) is 0. The molecule has 2 nitrogen and oxygen atoms in total. The molecule has 0 radical (unpaired) electrons. The first-order valence-corrected chi connectivity index (χ1v) is 6.10. The lowest BCUT2D eigenvalue weighted by atomic mass is 10.3. The molecule has 0 aliphatic rings. The van der Waals surface area contributed by atoms with Gasteiger partial charge in [-0.3, -0.25) is 9.19 Å². The molecular formula is C12H10FNOS. The SMILES string of the molecule is O=S(Cc1cccnc1)c1cccc(F)c1. The molecule has 1 aromatic heterocycles. The van der Waals surface area contributed by atoms with Crippen molar-refractivity contribution in [2.24, 2.45) is 0 Å². The molecule has 0 aliphatic carbocycles.